The number of carboxylic acid groups (broad SMARTS) is 1. The summed E-state index contributed by atoms with van der Waals surface area (Å²) in [4.78, 5) is 10.4. The van der Waals surface area contributed by atoms with Crippen LogP contribution in [0.25, 0.3) is 6.08 Å². The molecule has 1 N–H and O–H groups in total. The summed E-state index contributed by atoms with van der Waals surface area (Å²) in [6.07, 6.45) is 4.52. The minimum Gasteiger partial charge on any atom is -0.485 e. The zero-order chi connectivity index (χ0) is 11.5. The molecule has 1 unspecified atom stereocenters. The van der Waals surface area contributed by atoms with Gasteiger partial charge in [-0.15, -0.1) is 0 Å². The average Bonchev–Trinajstić information content (AvgIpc) is 2.26. The second kappa shape index (κ2) is 4.23. The van der Waals surface area contributed by atoms with Gasteiger partial charge in [0.15, 0.2) is 0 Å². The first kappa shape index (κ1) is 10.5. The van der Waals surface area contributed by atoms with Gasteiger partial charge < -0.3 is 9.84 Å². The molecule has 3 heteroatoms. The Balaban J connectivity index is 2.34. The molecule has 16 heavy (non-hydrogen) atoms. The van der Waals surface area contributed by atoms with Crippen molar-refractivity contribution in [2.45, 2.75) is 13.0 Å². The number of carbonyl (C=O) groups is 1. The van der Waals surface area contributed by atoms with Crippen molar-refractivity contribution in [1.29, 1.82) is 0 Å². The molecular weight excluding hydrogens is 204 g/mol. The second-order valence-electron chi connectivity index (χ2n) is 3.61. The van der Waals surface area contributed by atoms with Gasteiger partial charge in [0, 0.05) is 11.6 Å². The van der Waals surface area contributed by atoms with E-state index in [2.05, 4.69) is 0 Å². The van der Waals surface area contributed by atoms with Crippen LogP contribution in [0.15, 0.2) is 42.0 Å². The Labute approximate surface area is 93.7 Å². The zero-order valence-electron chi connectivity index (χ0n) is 8.88. The fraction of sp³-hybridized carbons (Fsp3) is 0.154. The standard InChI is InChI=1S/C13H12O3/c1-9-10(6-7-13(14)15)8-11-4-2-3-5-12(11)16-9/h2-9H,1H3,(H,14,15)/b7-6+. The van der Waals surface area contributed by atoms with Gasteiger partial charge in [-0.3, -0.25) is 0 Å². The lowest BCUT2D eigenvalue weighted by molar-refractivity contribution is -0.131. The molecule has 0 bridgehead atoms. The molecule has 0 fully saturated rings. The van der Waals surface area contributed by atoms with Gasteiger partial charge in [-0.2, -0.15) is 0 Å². The topological polar surface area (TPSA) is 46.5 Å². The van der Waals surface area contributed by atoms with E-state index in [0.717, 1.165) is 23.0 Å². The largest absolute Gasteiger partial charge is 0.485 e. The first-order chi connectivity index (χ1) is 7.66. The molecule has 1 aliphatic heterocycles. The maximum Gasteiger partial charge on any atom is 0.328 e. The highest BCUT2D eigenvalue weighted by Gasteiger charge is 2.16. The van der Waals surface area contributed by atoms with Crippen LogP contribution < -0.4 is 4.74 Å². The third kappa shape index (κ3) is 2.14. The van der Waals surface area contributed by atoms with Gasteiger partial charge in [0.1, 0.15) is 11.9 Å². The van der Waals surface area contributed by atoms with Gasteiger partial charge in [0.2, 0.25) is 0 Å². The molecule has 82 valence electrons. The summed E-state index contributed by atoms with van der Waals surface area (Å²) in [7, 11) is 0. The van der Waals surface area contributed by atoms with Crippen LogP contribution in [0.5, 0.6) is 5.75 Å². The number of hydrogen-bond acceptors (Lipinski definition) is 2. The summed E-state index contributed by atoms with van der Waals surface area (Å²) in [5.41, 5.74) is 1.84. The molecule has 1 aromatic carbocycles. The molecule has 1 heterocycles. The first-order valence-corrected chi connectivity index (χ1v) is 5.05. The summed E-state index contributed by atoms with van der Waals surface area (Å²) in [6.45, 7) is 1.90. The quantitative estimate of drug-likeness (QED) is 0.772. The normalized spacial score (nSPS) is 18.8. The van der Waals surface area contributed by atoms with Crippen molar-refractivity contribution in [2.24, 2.45) is 0 Å². The van der Waals surface area contributed by atoms with Gasteiger partial charge in [0.05, 0.1) is 0 Å². The summed E-state index contributed by atoms with van der Waals surface area (Å²) < 4.78 is 5.66. The fourth-order valence-corrected chi connectivity index (χ4v) is 1.61. The van der Waals surface area contributed by atoms with Crippen molar-refractivity contribution < 1.29 is 14.6 Å². The monoisotopic (exact) mass is 216 g/mol. The summed E-state index contributed by atoms with van der Waals surface area (Å²) in [5, 5.41) is 8.57. The van der Waals surface area contributed by atoms with Crippen LogP contribution in [0.3, 0.4) is 0 Å². The van der Waals surface area contributed by atoms with E-state index in [9.17, 15) is 4.79 Å². The Bertz CT molecular complexity index is 472. The molecule has 0 aromatic heterocycles. The van der Waals surface area contributed by atoms with E-state index in [0.29, 0.717) is 0 Å². The second-order valence-corrected chi connectivity index (χ2v) is 3.61. The maximum atomic E-state index is 10.4. The Morgan fingerprint density at radius 2 is 2.19 bits per heavy atom. The minimum absolute atomic E-state index is 0.120. The number of ether oxygens (including phenoxy) is 1. The van der Waals surface area contributed by atoms with Crippen molar-refractivity contribution in [2.75, 3.05) is 0 Å². The Morgan fingerprint density at radius 3 is 2.94 bits per heavy atom. The number of aliphatic carboxylic acids is 1. The van der Waals surface area contributed by atoms with Crippen molar-refractivity contribution >= 4 is 12.0 Å². The summed E-state index contributed by atoms with van der Waals surface area (Å²) >= 11 is 0. The molecule has 1 atom stereocenters. The first-order valence-electron chi connectivity index (χ1n) is 5.05. The maximum absolute atomic E-state index is 10.4. The predicted octanol–water partition coefficient (Wildman–Crippen LogP) is 2.49. The molecule has 0 radical (unpaired) electrons. The molecule has 0 spiro atoms. The van der Waals surface area contributed by atoms with Gasteiger partial charge >= 0.3 is 5.97 Å². The van der Waals surface area contributed by atoms with Gasteiger partial charge in [0.25, 0.3) is 0 Å². The predicted molar refractivity (Wildman–Crippen MR) is 61.3 cm³/mol. The fourth-order valence-electron chi connectivity index (χ4n) is 1.61. The lowest BCUT2D eigenvalue weighted by atomic mass is 10.0. The van der Waals surface area contributed by atoms with Crippen LogP contribution >= 0.6 is 0 Å². The summed E-state index contributed by atoms with van der Waals surface area (Å²) in [5.74, 6) is -0.116. The Kier molecular flexibility index (Phi) is 2.77. The average molecular weight is 216 g/mol. The van der Waals surface area contributed by atoms with Crippen LogP contribution in [-0.4, -0.2) is 17.2 Å². The highest BCUT2D eigenvalue weighted by atomic mass is 16.5. The van der Waals surface area contributed by atoms with Gasteiger partial charge in [-0.25, -0.2) is 4.79 Å². The van der Waals surface area contributed by atoms with E-state index in [-0.39, 0.29) is 6.10 Å². The lowest BCUT2D eigenvalue weighted by Gasteiger charge is -2.22. The number of fused-ring (bicyclic) bond motifs is 1. The van der Waals surface area contributed by atoms with Crippen LogP contribution in [0.1, 0.15) is 12.5 Å². The Morgan fingerprint density at radius 1 is 1.44 bits per heavy atom. The van der Waals surface area contributed by atoms with Crippen LogP contribution in [0, 0.1) is 0 Å². The van der Waals surface area contributed by atoms with Gasteiger partial charge in [-0.05, 0) is 30.7 Å². The van der Waals surface area contributed by atoms with Crippen molar-refractivity contribution in [3.63, 3.8) is 0 Å². The number of para-hydroxylation sites is 1. The third-order valence-corrected chi connectivity index (χ3v) is 2.43. The molecule has 0 saturated heterocycles. The van der Waals surface area contributed by atoms with E-state index in [1.54, 1.807) is 6.08 Å². The van der Waals surface area contributed by atoms with Crippen molar-refractivity contribution in [1.82, 2.24) is 0 Å². The Hall–Kier alpha value is -2.03. The zero-order valence-corrected chi connectivity index (χ0v) is 8.88. The van der Waals surface area contributed by atoms with Crippen molar-refractivity contribution in [3.05, 3.63) is 47.6 Å². The molecular formula is C13H12O3. The van der Waals surface area contributed by atoms with Crippen LogP contribution in [0.4, 0.5) is 0 Å². The minimum atomic E-state index is -0.952. The lowest BCUT2D eigenvalue weighted by Crippen LogP contribution is -2.17. The third-order valence-electron chi connectivity index (χ3n) is 2.43. The van der Waals surface area contributed by atoms with Crippen LogP contribution in [0.2, 0.25) is 0 Å². The van der Waals surface area contributed by atoms with E-state index in [1.807, 2.05) is 37.3 Å². The smallest absolute Gasteiger partial charge is 0.328 e. The van der Waals surface area contributed by atoms with Crippen molar-refractivity contribution in [3.8, 4) is 5.75 Å². The number of benzene rings is 1. The number of rotatable bonds is 2. The molecule has 3 nitrogen and oxygen atoms in total. The SMILES string of the molecule is CC1Oc2ccccc2C=C1/C=C/C(=O)O. The highest BCUT2D eigenvalue weighted by molar-refractivity contribution is 5.81. The molecule has 0 aliphatic carbocycles. The molecule has 0 saturated carbocycles. The molecule has 1 aliphatic rings. The molecule has 2 rings (SSSR count). The van der Waals surface area contributed by atoms with Gasteiger partial charge in [-0.1, -0.05) is 18.2 Å². The van der Waals surface area contributed by atoms with E-state index in [1.165, 1.54) is 0 Å². The summed E-state index contributed by atoms with van der Waals surface area (Å²) in [6, 6.07) is 7.68. The molecule has 0 amide bonds. The van der Waals surface area contributed by atoms with E-state index >= 15 is 0 Å². The van der Waals surface area contributed by atoms with Crippen LogP contribution in [-0.2, 0) is 4.79 Å². The number of carboxylic acids is 1. The number of hydrogen-bond donors (Lipinski definition) is 1. The van der Waals surface area contributed by atoms with E-state index in [4.69, 9.17) is 9.84 Å². The highest BCUT2D eigenvalue weighted by Crippen LogP contribution is 2.29. The van der Waals surface area contributed by atoms with E-state index < -0.39 is 5.97 Å². The molecule has 1 aromatic rings.